The molecular formula is C14H20ClNOS. The van der Waals surface area contributed by atoms with Crippen LogP contribution >= 0.6 is 22.9 Å². The maximum Gasteiger partial charge on any atom is 0.0931 e. The third-order valence-electron chi connectivity index (χ3n) is 4.48. The molecule has 100 valence electrons. The van der Waals surface area contributed by atoms with Crippen molar-refractivity contribution in [1.82, 2.24) is 5.32 Å². The second-order valence-corrected chi connectivity index (χ2v) is 7.29. The second-order valence-electron chi connectivity index (χ2n) is 5.55. The van der Waals surface area contributed by atoms with E-state index in [2.05, 4.69) is 18.4 Å². The molecule has 0 aromatic carbocycles. The number of rotatable bonds is 3. The van der Waals surface area contributed by atoms with Gasteiger partial charge in [-0.3, -0.25) is 0 Å². The van der Waals surface area contributed by atoms with E-state index in [0.29, 0.717) is 12.0 Å². The topological polar surface area (TPSA) is 21.3 Å². The molecule has 1 aliphatic heterocycles. The molecule has 2 unspecified atom stereocenters. The predicted molar refractivity (Wildman–Crippen MR) is 76.4 cm³/mol. The van der Waals surface area contributed by atoms with Gasteiger partial charge in [0.2, 0.25) is 0 Å². The summed E-state index contributed by atoms with van der Waals surface area (Å²) in [6, 6.07) is 4.60. The number of hydrogen-bond donors (Lipinski definition) is 1. The highest BCUT2D eigenvalue weighted by Crippen LogP contribution is 2.47. The van der Waals surface area contributed by atoms with Crippen LogP contribution in [0.2, 0.25) is 4.34 Å². The molecule has 2 aliphatic rings. The van der Waals surface area contributed by atoms with E-state index in [1.165, 1.54) is 30.6 Å². The van der Waals surface area contributed by atoms with Crippen LogP contribution in [0.3, 0.4) is 0 Å². The molecule has 0 bridgehead atoms. The fraction of sp³-hybridized carbons (Fsp3) is 0.714. The summed E-state index contributed by atoms with van der Waals surface area (Å²) in [5.74, 6) is 0.679. The van der Waals surface area contributed by atoms with Crippen LogP contribution in [0.25, 0.3) is 0 Å². The minimum Gasteiger partial charge on any atom is -0.375 e. The Hall–Kier alpha value is -0.0900. The highest BCUT2D eigenvalue weighted by molar-refractivity contribution is 7.16. The Kier molecular flexibility index (Phi) is 3.68. The van der Waals surface area contributed by atoms with Gasteiger partial charge in [-0.25, -0.2) is 0 Å². The second kappa shape index (κ2) is 5.12. The van der Waals surface area contributed by atoms with E-state index in [9.17, 15) is 0 Å². The Morgan fingerprint density at radius 3 is 2.89 bits per heavy atom. The first-order chi connectivity index (χ1) is 8.72. The predicted octanol–water partition coefficient (Wildman–Crippen LogP) is 4.01. The van der Waals surface area contributed by atoms with Crippen molar-refractivity contribution in [1.29, 1.82) is 0 Å². The average Bonchev–Trinajstić information content (AvgIpc) is 2.75. The summed E-state index contributed by atoms with van der Waals surface area (Å²) in [5, 5.41) is 3.48. The number of halogens is 1. The minimum atomic E-state index is 0.221. The van der Waals surface area contributed by atoms with Gasteiger partial charge in [0.1, 0.15) is 0 Å². The molecule has 2 fully saturated rings. The van der Waals surface area contributed by atoms with Crippen LogP contribution in [-0.2, 0) is 4.74 Å². The van der Waals surface area contributed by atoms with Gasteiger partial charge in [0.25, 0.3) is 0 Å². The summed E-state index contributed by atoms with van der Waals surface area (Å²) in [4.78, 5) is 1.36. The summed E-state index contributed by atoms with van der Waals surface area (Å²) in [5.41, 5.74) is 0.221. The average molecular weight is 286 g/mol. The highest BCUT2D eigenvalue weighted by Gasteiger charge is 2.44. The van der Waals surface area contributed by atoms with Gasteiger partial charge in [-0.2, -0.15) is 0 Å². The first-order valence-corrected chi connectivity index (χ1v) is 7.98. The van der Waals surface area contributed by atoms with Crippen molar-refractivity contribution in [3.05, 3.63) is 21.3 Å². The smallest absolute Gasteiger partial charge is 0.0931 e. The molecule has 1 saturated heterocycles. The van der Waals surface area contributed by atoms with Crippen LogP contribution in [0.4, 0.5) is 0 Å². The van der Waals surface area contributed by atoms with Gasteiger partial charge < -0.3 is 10.1 Å². The van der Waals surface area contributed by atoms with Crippen LogP contribution < -0.4 is 5.32 Å². The third-order valence-corrected chi connectivity index (χ3v) is 5.79. The summed E-state index contributed by atoms with van der Waals surface area (Å²) < 4.78 is 6.90. The van der Waals surface area contributed by atoms with E-state index in [-0.39, 0.29) is 5.60 Å². The zero-order valence-electron chi connectivity index (χ0n) is 10.7. The van der Waals surface area contributed by atoms with Gasteiger partial charge in [0.15, 0.2) is 0 Å². The lowest BCUT2D eigenvalue weighted by molar-refractivity contribution is -0.147. The van der Waals surface area contributed by atoms with Crippen molar-refractivity contribution in [3.63, 3.8) is 0 Å². The van der Waals surface area contributed by atoms with Crippen molar-refractivity contribution in [2.24, 2.45) is 5.92 Å². The Labute approximate surface area is 118 Å². The van der Waals surface area contributed by atoms with E-state index >= 15 is 0 Å². The lowest BCUT2D eigenvalue weighted by Crippen LogP contribution is -2.47. The standard InChI is InChI=1S/C14H20ClNOS/c1-16-13(11-3-4-12(15)18-11)10-5-8-17-14(9-10)6-2-7-14/h3-4,10,13,16H,2,5-9H2,1H3. The first kappa shape index (κ1) is 12.9. The molecule has 2 heterocycles. The summed E-state index contributed by atoms with van der Waals surface area (Å²) >= 11 is 7.76. The van der Waals surface area contributed by atoms with E-state index in [4.69, 9.17) is 16.3 Å². The zero-order chi connectivity index (χ0) is 12.6. The lowest BCUT2D eigenvalue weighted by atomic mass is 9.70. The largest absolute Gasteiger partial charge is 0.375 e. The fourth-order valence-corrected chi connectivity index (χ4v) is 4.64. The van der Waals surface area contributed by atoms with Gasteiger partial charge in [0, 0.05) is 17.5 Å². The maximum absolute atomic E-state index is 6.06. The third kappa shape index (κ3) is 2.34. The molecule has 2 nitrogen and oxygen atoms in total. The zero-order valence-corrected chi connectivity index (χ0v) is 12.3. The van der Waals surface area contributed by atoms with E-state index < -0.39 is 0 Å². The van der Waals surface area contributed by atoms with Crippen LogP contribution in [0.1, 0.15) is 43.0 Å². The van der Waals surface area contributed by atoms with Crippen molar-refractivity contribution >= 4 is 22.9 Å². The number of ether oxygens (including phenoxy) is 1. The van der Waals surface area contributed by atoms with Crippen molar-refractivity contribution in [2.45, 2.75) is 43.7 Å². The molecule has 1 aromatic heterocycles. The number of thiophene rings is 1. The van der Waals surface area contributed by atoms with Crippen molar-refractivity contribution in [3.8, 4) is 0 Å². The molecule has 2 atom stereocenters. The molecule has 18 heavy (non-hydrogen) atoms. The van der Waals surface area contributed by atoms with Crippen molar-refractivity contribution < 1.29 is 4.74 Å². The van der Waals surface area contributed by atoms with Crippen LogP contribution in [0, 0.1) is 5.92 Å². The number of hydrogen-bond acceptors (Lipinski definition) is 3. The molecule has 0 radical (unpaired) electrons. The van der Waals surface area contributed by atoms with Gasteiger partial charge in [-0.15, -0.1) is 11.3 Å². The quantitative estimate of drug-likeness (QED) is 0.906. The van der Waals surface area contributed by atoms with E-state index in [1.807, 2.05) is 6.07 Å². The molecule has 4 heteroatoms. The Bertz CT molecular complexity index is 416. The lowest BCUT2D eigenvalue weighted by Gasteiger charge is -2.48. The summed E-state index contributed by atoms with van der Waals surface area (Å²) in [6.07, 6.45) is 6.20. The molecule has 1 aliphatic carbocycles. The SMILES string of the molecule is CNC(c1ccc(Cl)s1)C1CCOC2(CCC2)C1. The molecular weight excluding hydrogens is 266 g/mol. The minimum absolute atomic E-state index is 0.221. The molecule has 1 saturated carbocycles. The van der Waals surface area contributed by atoms with E-state index in [0.717, 1.165) is 17.4 Å². The van der Waals surface area contributed by atoms with E-state index in [1.54, 1.807) is 11.3 Å². The molecule has 1 spiro atoms. The van der Waals surface area contributed by atoms with Crippen LogP contribution in [0.5, 0.6) is 0 Å². The van der Waals surface area contributed by atoms with Gasteiger partial charge in [0.05, 0.1) is 9.94 Å². The molecule has 3 rings (SSSR count). The normalized spacial score (nSPS) is 28.0. The molecule has 1 aromatic rings. The van der Waals surface area contributed by atoms with Crippen LogP contribution in [0.15, 0.2) is 12.1 Å². The van der Waals surface area contributed by atoms with Gasteiger partial charge in [-0.05, 0) is 57.2 Å². The molecule has 0 amide bonds. The Balaban J connectivity index is 1.75. The maximum atomic E-state index is 6.06. The highest BCUT2D eigenvalue weighted by atomic mass is 35.5. The summed E-state index contributed by atoms with van der Waals surface area (Å²) in [6.45, 7) is 0.919. The Morgan fingerprint density at radius 2 is 2.33 bits per heavy atom. The number of nitrogens with one attached hydrogen (secondary N) is 1. The molecule has 1 N–H and O–H groups in total. The van der Waals surface area contributed by atoms with Crippen LogP contribution in [-0.4, -0.2) is 19.3 Å². The Morgan fingerprint density at radius 1 is 1.50 bits per heavy atom. The van der Waals surface area contributed by atoms with Gasteiger partial charge >= 0.3 is 0 Å². The van der Waals surface area contributed by atoms with Crippen molar-refractivity contribution in [2.75, 3.05) is 13.7 Å². The first-order valence-electron chi connectivity index (χ1n) is 6.79. The fourth-order valence-electron chi connectivity index (χ4n) is 3.38. The monoisotopic (exact) mass is 285 g/mol. The summed E-state index contributed by atoms with van der Waals surface area (Å²) in [7, 11) is 2.06. The van der Waals surface area contributed by atoms with Gasteiger partial charge in [-0.1, -0.05) is 11.6 Å².